The van der Waals surface area contributed by atoms with E-state index in [1.807, 2.05) is 6.07 Å². The molecule has 2 saturated heterocycles. The molecule has 9 heteroatoms. The first-order valence-electron chi connectivity index (χ1n) is 18.6. The molecule has 0 bridgehead atoms. The van der Waals surface area contributed by atoms with Crippen molar-refractivity contribution in [1.29, 1.82) is 0 Å². The Kier molecular flexibility index (Phi) is 10.8. The van der Waals surface area contributed by atoms with Gasteiger partial charge in [-0.2, -0.15) is 8.42 Å². The third kappa shape index (κ3) is 7.36. The zero-order valence-corrected chi connectivity index (χ0v) is 29.3. The Balaban J connectivity index is 1.06. The second-order valence-electron chi connectivity index (χ2n) is 15.1. The van der Waals surface area contributed by atoms with Crippen LogP contribution in [0, 0.1) is 29.0 Å². The summed E-state index contributed by atoms with van der Waals surface area (Å²) in [5.41, 5.74) is 2.47. The molecular weight excluding hydrogens is 631 g/mol. The topological polar surface area (TPSA) is 80.3 Å². The van der Waals surface area contributed by atoms with Gasteiger partial charge in [0, 0.05) is 13.0 Å². The maximum Gasteiger partial charge on any atom is 0.296 e. The minimum absolute atomic E-state index is 0.0806. The molecule has 48 heavy (non-hydrogen) atoms. The number of unbranched alkanes of at least 4 members (excludes halogenated alkanes) is 2. The molecule has 2 aromatic carbocycles. The van der Waals surface area contributed by atoms with Crippen molar-refractivity contribution < 1.29 is 35.9 Å². The van der Waals surface area contributed by atoms with Crippen LogP contribution >= 0.6 is 0 Å². The number of hydrogen-bond acceptors (Lipinski definition) is 7. The normalized spacial score (nSPS) is 33.4. The Labute approximate surface area is 286 Å². The SMILES string of the molecule is C[C@]12CC[C@@H]3c4cc(F)c(OC5CCCCO5)cc4C[C@@H](CCCCCOS(=O)(=O)c4ccccc4)[C@H]3[C@@H]1CC[C@@H]2OC1CCCCO1. The van der Waals surface area contributed by atoms with Crippen LogP contribution in [0.15, 0.2) is 47.4 Å². The molecule has 8 atom stereocenters. The second kappa shape index (κ2) is 15.1. The van der Waals surface area contributed by atoms with Crippen LogP contribution in [0.3, 0.4) is 0 Å². The molecule has 4 fully saturated rings. The zero-order chi connectivity index (χ0) is 33.1. The van der Waals surface area contributed by atoms with Crippen LogP contribution in [0.25, 0.3) is 0 Å². The number of rotatable bonds is 12. The van der Waals surface area contributed by atoms with Crippen LogP contribution in [0.1, 0.15) is 114 Å². The van der Waals surface area contributed by atoms with Gasteiger partial charge in [0.2, 0.25) is 0 Å². The first-order chi connectivity index (χ1) is 23.3. The molecule has 3 aliphatic carbocycles. The molecule has 2 aliphatic heterocycles. The van der Waals surface area contributed by atoms with Gasteiger partial charge in [-0.3, -0.25) is 4.18 Å². The Bertz CT molecular complexity index is 1470. The molecule has 0 spiro atoms. The second-order valence-corrected chi connectivity index (χ2v) is 16.7. The fourth-order valence-corrected chi connectivity index (χ4v) is 10.7. The van der Waals surface area contributed by atoms with Crippen molar-refractivity contribution >= 4 is 10.1 Å². The molecule has 2 heterocycles. The van der Waals surface area contributed by atoms with Crippen LogP contribution in [0.4, 0.5) is 4.39 Å². The summed E-state index contributed by atoms with van der Waals surface area (Å²) in [5.74, 6) is 1.78. The van der Waals surface area contributed by atoms with E-state index < -0.39 is 10.1 Å². The minimum Gasteiger partial charge on any atom is -0.462 e. The lowest BCUT2D eigenvalue weighted by atomic mass is 9.52. The summed E-state index contributed by atoms with van der Waals surface area (Å²) < 4.78 is 70.8. The zero-order valence-electron chi connectivity index (χ0n) is 28.5. The first-order valence-corrected chi connectivity index (χ1v) is 20.0. The van der Waals surface area contributed by atoms with E-state index in [0.29, 0.717) is 42.4 Å². The molecule has 7 rings (SSSR count). The fourth-order valence-electron chi connectivity index (χ4n) is 9.78. The summed E-state index contributed by atoms with van der Waals surface area (Å²) >= 11 is 0. The van der Waals surface area contributed by atoms with Crippen molar-refractivity contribution in [2.45, 2.75) is 133 Å². The predicted octanol–water partition coefficient (Wildman–Crippen LogP) is 8.69. The van der Waals surface area contributed by atoms with Gasteiger partial charge in [0.25, 0.3) is 10.1 Å². The highest BCUT2D eigenvalue weighted by atomic mass is 32.2. The van der Waals surface area contributed by atoms with E-state index in [2.05, 4.69) is 6.92 Å². The van der Waals surface area contributed by atoms with Crippen molar-refractivity contribution in [2.75, 3.05) is 19.8 Å². The average molecular weight is 685 g/mol. The van der Waals surface area contributed by atoms with Gasteiger partial charge in [0.05, 0.1) is 24.2 Å². The molecule has 0 amide bonds. The number of fused-ring (bicyclic) bond motifs is 5. The summed E-state index contributed by atoms with van der Waals surface area (Å²) in [6, 6.07) is 12.1. The van der Waals surface area contributed by atoms with Crippen molar-refractivity contribution in [3.05, 3.63) is 59.4 Å². The van der Waals surface area contributed by atoms with Gasteiger partial charge in [-0.25, -0.2) is 4.39 Å². The molecular formula is C39H53FO7S. The molecule has 264 valence electrons. The van der Waals surface area contributed by atoms with Gasteiger partial charge in [-0.05, 0) is 142 Å². The van der Waals surface area contributed by atoms with Crippen molar-refractivity contribution in [3.63, 3.8) is 0 Å². The van der Waals surface area contributed by atoms with Crippen molar-refractivity contribution in [1.82, 2.24) is 0 Å². The lowest BCUT2D eigenvalue weighted by Gasteiger charge is -2.54. The lowest BCUT2D eigenvalue weighted by Crippen LogP contribution is -2.48. The van der Waals surface area contributed by atoms with Crippen molar-refractivity contribution in [3.8, 4) is 5.75 Å². The van der Waals surface area contributed by atoms with E-state index in [1.54, 1.807) is 36.4 Å². The van der Waals surface area contributed by atoms with Gasteiger partial charge in [-0.1, -0.05) is 38.0 Å². The number of benzene rings is 2. The van der Waals surface area contributed by atoms with E-state index in [4.69, 9.17) is 23.1 Å². The highest BCUT2D eigenvalue weighted by Gasteiger charge is 2.57. The van der Waals surface area contributed by atoms with Crippen molar-refractivity contribution in [2.24, 2.45) is 23.2 Å². The standard InChI is InChI=1S/C39H53FO7S/c1-39-20-19-30-31-26-33(40)34(46-36-15-7-10-21-43-36)25-28(31)24-27(12-4-3-9-23-45-48(41,42)29-13-5-2-6-14-29)38(30)32(39)17-18-35(39)47-37-16-8-11-22-44-37/h2,5-6,13-14,25-27,30,32,35-38H,3-4,7-12,15-24H2,1H3/t27-,30-,32+,35+,36?,37?,38-,39+/m1/s1. The Morgan fingerprint density at radius 2 is 1.67 bits per heavy atom. The average Bonchev–Trinajstić information content (AvgIpc) is 3.43. The largest absolute Gasteiger partial charge is 0.462 e. The van der Waals surface area contributed by atoms with Crippen LogP contribution in [0.5, 0.6) is 5.75 Å². The number of ether oxygens (including phenoxy) is 4. The highest BCUT2D eigenvalue weighted by molar-refractivity contribution is 7.86. The summed E-state index contributed by atoms with van der Waals surface area (Å²) in [6.07, 6.45) is 14.6. The number of hydrogen-bond donors (Lipinski definition) is 0. The summed E-state index contributed by atoms with van der Waals surface area (Å²) in [5, 5.41) is 0. The number of halogens is 1. The smallest absolute Gasteiger partial charge is 0.296 e. The molecule has 0 radical (unpaired) electrons. The lowest BCUT2D eigenvalue weighted by molar-refractivity contribution is -0.213. The van der Waals surface area contributed by atoms with E-state index in [1.165, 1.54) is 11.1 Å². The van der Waals surface area contributed by atoms with E-state index >= 15 is 4.39 Å². The molecule has 7 nitrogen and oxygen atoms in total. The van der Waals surface area contributed by atoms with Crippen LogP contribution in [0.2, 0.25) is 0 Å². The Morgan fingerprint density at radius 1 is 0.896 bits per heavy atom. The van der Waals surface area contributed by atoms with Gasteiger partial charge in [0.15, 0.2) is 24.1 Å². The monoisotopic (exact) mass is 684 g/mol. The predicted molar refractivity (Wildman–Crippen MR) is 181 cm³/mol. The van der Waals surface area contributed by atoms with Crippen LogP contribution in [-0.4, -0.2) is 46.9 Å². The molecule has 0 N–H and O–H groups in total. The highest BCUT2D eigenvalue weighted by Crippen LogP contribution is 2.63. The molecule has 2 saturated carbocycles. The maximum atomic E-state index is 15.7. The molecule has 5 aliphatic rings. The van der Waals surface area contributed by atoms with Gasteiger partial charge in [-0.15, -0.1) is 0 Å². The third-order valence-corrected chi connectivity index (χ3v) is 13.5. The van der Waals surface area contributed by atoms with E-state index in [-0.39, 0.29) is 41.4 Å². The fraction of sp³-hybridized carbons (Fsp3) is 0.692. The van der Waals surface area contributed by atoms with Gasteiger partial charge in [0.1, 0.15) is 0 Å². The quantitative estimate of drug-likeness (QED) is 0.164. The molecule has 2 aromatic rings. The first kappa shape index (κ1) is 34.4. The molecule has 2 unspecified atom stereocenters. The summed E-state index contributed by atoms with van der Waals surface area (Å²) in [4.78, 5) is 0.195. The summed E-state index contributed by atoms with van der Waals surface area (Å²) in [6.45, 7) is 4.08. The Hall–Kier alpha value is -2.04. The van der Waals surface area contributed by atoms with Crippen LogP contribution < -0.4 is 4.74 Å². The summed E-state index contributed by atoms with van der Waals surface area (Å²) in [7, 11) is -3.74. The van der Waals surface area contributed by atoms with Gasteiger partial charge < -0.3 is 18.9 Å². The Morgan fingerprint density at radius 3 is 2.42 bits per heavy atom. The van der Waals surface area contributed by atoms with E-state index in [9.17, 15) is 8.42 Å². The van der Waals surface area contributed by atoms with Gasteiger partial charge >= 0.3 is 0 Å². The minimum atomic E-state index is -3.74. The van der Waals surface area contributed by atoms with Crippen LogP contribution in [-0.2, 0) is 34.9 Å². The van der Waals surface area contributed by atoms with E-state index in [0.717, 1.165) is 96.5 Å². The molecule has 0 aromatic heterocycles. The maximum absolute atomic E-state index is 15.7. The third-order valence-electron chi connectivity index (χ3n) is 12.2.